The first kappa shape index (κ1) is 19.7. The third-order valence-corrected chi connectivity index (χ3v) is 5.88. The average Bonchev–Trinajstić information content (AvgIpc) is 3.36. The molecule has 1 N–H and O–H groups in total. The van der Waals surface area contributed by atoms with E-state index in [1.165, 1.54) is 6.20 Å². The highest BCUT2D eigenvalue weighted by Gasteiger charge is 2.42. The number of fused-ring (bicyclic) bond motifs is 3. The number of nitrogens with one attached hydrogen (secondary N) is 1. The summed E-state index contributed by atoms with van der Waals surface area (Å²) in [7, 11) is 0. The fourth-order valence-corrected chi connectivity index (χ4v) is 4.67. The molecule has 1 fully saturated rings. The molecule has 3 heterocycles. The minimum absolute atomic E-state index is 0.0386. The summed E-state index contributed by atoms with van der Waals surface area (Å²) >= 11 is 0. The Morgan fingerprint density at radius 2 is 2.10 bits per heavy atom. The molecule has 9 heteroatoms. The number of ether oxygens (including phenoxy) is 1. The van der Waals surface area contributed by atoms with Crippen molar-refractivity contribution < 1.29 is 22.7 Å². The first-order chi connectivity index (χ1) is 13.8. The van der Waals surface area contributed by atoms with E-state index in [-0.39, 0.29) is 35.7 Å². The van der Waals surface area contributed by atoms with E-state index in [0.717, 1.165) is 12.8 Å². The molecule has 1 saturated carbocycles. The number of hydrogen-bond donors (Lipinski definition) is 1. The minimum atomic E-state index is -4.57. The Labute approximate surface area is 165 Å². The number of esters is 1. The Kier molecular flexibility index (Phi) is 5.00. The molecule has 4 rings (SSSR count). The van der Waals surface area contributed by atoms with Crippen molar-refractivity contribution >= 4 is 22.6 Å². The van der Waals surface area contributed by atoms with Gasteiger partial charge in [-0.1, -0.05) is 13.3 Å². The quantitative estimate of drug-likeness (QED) is 0.621. The maximum atomic E-state index is 13.7. The maximum Gasteiger partial charge on any atom is 0.435 e. The van der Waals surface area contributed by atoms with Crippen molar-refractivity contribution in [3.05, 3.63) is 30.0 Å². The van der Waals surface area contributed by atoms with Crippen LogP contribution in [0.15, 0.2) is 18.5 Å². The number of hydrogen-bond acceptors (Lipinski definition) is 4. The van der Waals surface area contributed by atoms with Gasteiger partial charge in [0.2, 0.25) is 0 Å². The first-order valence-electron chi connectivity index (χ1n) is 9.90. The Hall–Kier alpha value is -2.58. The van der Waals surface area contributed by atoms with Crippen molar-refractivity contribution in [2.45, 2.75) is 51.6 Å². The van der Waals surface area contributed by atoms with Crippen LogP contribution < -0.4 is 0 Å². The SMILES string of the molecule is CCOC(=O)C[C@@H]1C[C@@H](CC)[C@@H](c2nc(C(F)(F)F)c3cnc4[nH]ccc4n23)C1. The minimum Gasteiger partial charge on any atom is -0.466 e. The van der Waals surface area contributed by atoms with Crippen LogP contribution >= 0.6 is 0 Å². The van der Waals surface area contributed by atoms with Crippen LogP contribution in [0.3, 0.4) is 0 Å². The van der Waals surface area contributed by atoms with Crippen molar-refractivity contribution in [2.75, 3.05) is 6.61 Å². The van der Waals surface area contributed by atoms with Crippen LogP contribution in [0.2, 0.25) is 0 Å². The lowest BCUT2D eigenvalue weighted by Crippen LogP contribution is -2.10. The van der Waals surface area contributed by atoms with Gasteiger partial charge in [-0.2, -0.15) is 13.2 Å². The third kappa shape index (κ3) is 3.47. The summed E-state index contributed by atoms with van der Waals surface area (Å²) in [4.78, 5) is 23.1. The van der Waals surface area contributed by atoms with Gasteiger partial charge in [-0.25, -0.2) is 9.97 Å². The van der Waals surface area contributed by atoms with Crippen molar-refractivity contribution in [2.24, 2.45) is 11.8 Å². The summed E-state index contributed by atoms with van der Waals surface area (Å²) in [5.41, 5.74) is 0.137. The zero-order valence-corrected chi connectivity index (χ0v) is 16.3. The number of imidazole rings is 1. The highest BCUT2D eigenvalue weighted by atomic mass is 19.4. The molecule has 0 saturated heterocycles. The number of aromatic amines is 1. The molecular formula is C20H23F3N4O2. The molecule has 0 radical (unpaired) electrons. The van der Waals surface area contributed by atoms with E-state index in [2.05, 4.69) is 15.0 Å². The number of nitrogens with zero attached hydrogens (tertiary/aromatic N) is 3. The molecule has 0 bridgehead atoms. The smallest absolute Gasteiger partial charge is 0.435 e. The second-order valence-corrected chi connectivity index (χ2v) is 7.63. The van der Waals surface area contributed by atoms with E-state index in [9.17, 15) is 18.0 Å². The molecule has 3 atom stereocenters. The number of H-pyrrole nitrogens is 1. The number of rotatable bonds is 5. The number of carbonyl (C=O) groups is 1. The van der Waals surface area contributed by atoms with E-state index in [1.54, 1.807) is 23.6 Å². The van der Waals surface area contributed by atoms with Gasteiger partial charge in [0.15, 0.2) is 11.3 Å². The predicted octanol–water partition coefficient (Wildman–Crippen LogP) is 4.70. The van der Waals surface area contributed by atoms with Gasteiger partial charge in [0.1, 0.15) is 5.82 Å². The lowest BCUT2D eigenvalue weighted by molar-refractivity contribution is -0.144. The lowest BCUT2D eigenvalue weighted by Gasteiger charge is -2.17. The molecule has 0 unspecified atom stereocenters. The van der Waals surface area contributed by atoms with Gasteiger partial charge in [-0.3, -0.25) is 9.20 Å². The van der Waals surface area contributed by atoms with Gasteiger partial charge < -0.3 is 9.72 Å². The predicted molar refractivity (Wildman–Crippen MR) is 100 cm³/mol. The summed E-state index contributed by atoms with van der Waals surface area (Å²) in [5, 5.41) is 0. The third-order valence-electron chi connectivity index (χ3n) is 5.88. The van der Waals surface area contributed by atoms with Gasteiger partial charge in [-0.05, 0) is 37.7 Å². The highest BCUT2D eigenvalue weighted by molar-refractivity contribution is 5.76. The van der Waals surface area contributed by atoms with Crippen molar-refractivity contribution in [3.63, 3.8) is 0 Å². The van der Waals surface area contributed by atoms with Gasteiger partial charge in [-0.15, -0.1) is 0 Å². The highest BCUT2D eigenvalue weighted by Crippen LogP contribution is 2.47. The Morgan fingerprint density at radius 3 is 2.79 bits per heavy atom. The van der Waals surface area contributed by atoms with E-state index in [0.29, 0.717) is 30.0 Å². The molecule has 0 spiro atoms. The normalized spacial score (nSPS) is 22.6. The molecule has 0 aromatic carbocycles. The largest absolute Gasteiger partial charge is 0.466 e. The molecule has 6 nitrogen and oxygen atoms in total. The Balaban J connectivity index is 1.80. The van der Waals surface area contributed by atoms with E-state index in [4.69, 9.17) is 4.74 Å². The maximum absolute atomic E-state index is 13.7. The van der Waals surface area contributed by atoms with Gasteiger partial charge in [0, 0.05) is 18.5 Å². The number of carbonyl (C=O) groups excluding carboxylic acids is 1. The second-order valence-electron chi connectivity index (χ2n) is 7.63. The fourth-order valence-electron chi connectivity index (χ4n) is 4.67. The zero-order chi connectivity index (χ0) is 20.8. The molecule has 0 amide bonds. The van der Waals surface area contributed by atoms with Crippen LogP contribution in [0, 0.1) is 11.8 Å². The van der Waals surface area contributed by atoms with Gasteiger partial charge >= 0.3 is 12.1 Å². The summed E-state index contributed by atoms with van der Waals surface area (Å²) in [5.74, 6) is 0.216. The zero-order valence-electron chi connectivity index (χ0n) is 16.3. The van der Waals surface area contributed by atoms with Crippen molar-refractivity contribution in [1.29, 1.82) is 0 Å². The van der Waals surface area contributed by atoms with Gasteiger partial charge in [0.05, 0.1) is 23.8 Å². The molecule has 156 valence electrons. The number of halogens is 3. The van der Waals surface area contributed by atoms with Crippen LogP contribution in [-0.4, -0.2) is 31.9 Å². The second kappa shape index (κ2) is 7.35. The Morgan fingerprint density at radius 1 is 1.31 bits per heavy atom. The summed E-state index contributed by atoms with van der Waals surface area (Å²) in [6, 6.07) is 1.71. The lowest BCUT2D eigenvalue weighted by atomic mass is 9.93. The monoisotopic (exact) mass is 408 g/mol. The van der Waals surface area contributed by atoms with Crippen molar-refractivity contribution in [1.82, 2.24) is 19.4 Å². The van der Waals surface area contributed by atoms with Crippen LogP contribution in [-0.2, 0) is 15.7 Å². The summed E-state index contributed by atoms with van der Waals surface area (Å²) < 4.78 is 47.7. The molecule has 0 aliphatic heterocycles. The Bertz CT molecular complexity index is 1040. The van der Waals surface area contributed by atoms with Crippen LogP contribution in [0.4, 0.5) is 13.2 Å². The van der Waals surface area contributed by atoms with E-state index < -0.39 is 11.9 Å². The molecule has 1 aliphatic rings. The summed E-state index contributed by atoms with van der Waals surface area (Å²) in [6.07, 6.45) is 0.798. The standard InChI is InChI=1S/C20H23F3N4O2/c1-3-12-7-11(9-16(28)29-4-2)8-13(12)19-26-17(20(21,22)23)15-10-25-18-14(27(15)19)5-6-24-18/h5-6,10-13,24H,3-4,7-9H2,1-2H3/t11-,12-,13+/m1/s1. The van der Waals surface area contributed by atoms with Crippen LogP contribution in [0.5, 0.6) is 0 Å². The van der Waals surface area contributed by atoms with Crippen molar-refractivity contribution in [3.8, 4) is 0 Å². The van der Waals surface area contributed by atoms with Crippen LogP contribution in [0.1, 0.15) is 57.0 Å². The molecular weight excluding hydrogens is 385 g/mol. The molecule has 29 heavy (non-hydrogen) atoms. The van der Waals surface area contributed by atoms with Gasteiger partial charge in [0.25, 0.3) is 0 Å². The molecule has 3 aromatic heterocycles. The summed E-state index contributed by atoms with van der Waals surface area (Å²) in [6.45, 7) is 4.11. The fraction of sp³-hybridized carbons (Fsp3) is 0.550. The molecule has 3 aromatic rings. The molecule has 1 aliphatic carbocycles. The number of alkyl halides is 3. The van der Waals surface area contributed by atoms with E-state index in [1.807, 2.05) is 6.92 Å². The average molecular weight is 408 g/mol. The van der Waals surface area contributed by atoms with E-state index >= 15 is 0 Å². The topological polar surface area (TPSA) is 72.3 Å². The number of aromatic nitrogens is 4. The van der Waals surface area contributed by atoms with Crippen LogP contribution in [0.25, 0.3) is 16.7 Å². The first-order valence-corrected chi connectivity index (χ1v) is 9.90.